The number of esters is 1. The van der Waals surface area contributed by atoms with Crippen molar-refractivity contribution in [2.45, 2.75) is 13.0 Å². The fourth-order valence-corrected chi connectivity index (χ4v) is 2.45. The Bertz CT molecular complexity index is 826. The zero-order valence-corrected chi connectivity index (χ0v) is 15.0. The summed E-state index contributed by atoms with van der Waals surface area (Å²) in [6.07, 6.45) is 0. The zero-order chi connectivity index (χ0) is 19.3. The van der Waals surface area contributed by atoms with Crippen molar-refractivity contribution in [3.63, 3.8) is 0 Å². The number of hydrogen-bond acceptors (Lipinski definition) is 5. The van der Waals surface area contributed by atoms with Gasteiger partial charge in [-0.3, -0.25) is 14.9 Å². The molecule has 1 amide bonds. The number of likely N-dealkylation sites (N-methyl/N-ethyl adjacent to an activating group) is 1. The Morgan fingerprint density at radius 2 is 1.88 bits per heavy atom. The maximum absolute atomic E-state index is 12.2. The average Bonchev–Trinajstić information content (AvgIpc) is 2.65. The molecule has 0 N–H and O–H groups in total. The van der Waals surface area contributed by atoms with Gasteiger partial charge in [0.25, 0.3) is 11.6 Å². The van der Waals surface area contributed by atoms with E-state index in [1.54, 1.807) is 7.05 Å². The van der Waals surface area contributed by atoms with Crippen LogP contribution in [-0.4, -0.2) is 35.4 Å². The number of benzene rings is 2. The molecule has 0 aromatic heterocycles. The summed E-state index contributed by atoms with van der Waals surface area (Å²) in [4.78, 5) is 35.9. The first kappa shape index (κ1) is 19.4. The highest BCUT2D eigenvalue weighted by atomic mass is 35.5. The molecule has 0 bridgehead atoms. The van der Waals surface area contributed by atoms with E-state index in [9.17, 15) is 19.7 Å². The van der Waals surface area contributed by atoms with Crippen molar-refractivity contribution in [1.29, 1.82) is 0 Å². The average molecular weight is 377 g/mol. The molecule has 0 saturated carbocycles. The largest absolute Gasteiger partial charge is 0.452 e. The van der Waals surface area contributed by atoms with Crippen molar-refractivity contribution >= 4 is 29.2 Å². The predicted octanol–water partition coefficient (Wildman–Crippen LogP) is 3.62. The molecular formula is C18H17ClN2O5. The summed E-state index contributed by atoms with van der Waals surface area (Å²) < 4.78 is 4.98. The van der Waals surface area contributed by atoms with Crippen LogP contribution in [0.25, 0.3) is 0 Å². The lowest BCUT2D eigenvalue weighted by atomic mass is 10.1. The van der Waals surface area contributed by atoms with Crippen LogP contribution in [0.5, 0.6) is 0 Å². The number of nitrogens with zero attached hydrogens (tertiary/aromatic N) is 2. The van der Waals surface area contributed by atoms with Gasteiger partial charge in [0.15, 0.2) is 6.61 Å². The maximum atomic E-state index is 12.2. The molecule has 8 heteroatoms. The number of nitro benzene ring substituents is 1. The number of carbonyl (C=O) groups is 2. The Labute approximate surface area is 155 Å². The summed E-state index contributed by atoms with van der Waals surface area (Å²) in [6.45, 7) is 1.39. The first-order chi connectivity index (χ1) is 12.3. The van der Waals surface area contributed by atoms with Crippen LogP contribution in [0.3, 0.4) is 0 Å². The quantitative estimate of drug-likeness (QED) is 0.436. The summed E-state index contributed by atoms with van der Waals surface area (Å²) in [5, 5.41) is 10.8. The molecule has 2 aromatic rings. The summed E-state index contributed by atoms with van der Waals surface area (Å²) in [5.41, 5.74) is 0.498. The van der Waals surface area contributed by atoms with Gasteiger partial charge in [-0.2, -0.15) is 0 Å². The molecule has 0 fully saturated rings. The monoisotopic (exact) mass is 376 g/mol. The topological polar surface area (TPSA) is 89.8 Å². The molecule has 1 unspecified atom stereocenters. The Kier molecular flexibility index (Phi) is 6.30. The van der Waals surface area contributed by atoms with Crippen LogP contribution in [0.15, 0.2) is 48.5 Å². The molecular weight excluding hydrogens is 360 g/mol. The van der Waals surface area contributed by atoms with E-state index >= 15 is 0 Å². The summed E-state index contributed by atoms with van der Waals surface area (Å²) in [6, 6.07) is 12.8. The van der Waals surface area contributed by atoms with Crippen molar-refractivity contribution in [2.75, 3.05) is 13.7 Å². The molecule has 2 rings (SSSR count). The van der Waals surface area contributed by atoms with Gasteiger partial charge in [-0.1, -0.05) is 41.9 Å². The molecule has 0 aliphatic carbocycles. The Balaban J connectivity index is 1.99. The molecule has 0 aliphatic heterocycles. The third kappa shape index (κ3) is 4.58. The van der Waals surface area contributed by atoms with Crippen molar-refractivity contribution in [1.82, 2.24) is 4.90 Å². The molecule has 0 radical (unpaired) electrons. The zero-order valence-electron chi connectivity index (χ0n) is 14.2. The van der Waals surface area contributed by atoms with E-state index < -0.39 is 29.1 Å². The number of carbonyl (C=O) groups excluding carboxylic acids is 2. The standard InChI is InChI=1S/C18H17ClN2O5/c1-12(13-6-4-3-5-7-13)20(2)17(22)11-26-18(23)14-8-9-15(19)16(10-14)21(24)25/h3-10,12H,11H2,1-2H3. The highest BCUT2D eigenvalue weighted by Crippen LogP contribution is 2.25. The maximum Gasteiger partial charge on any atom is 0.338 e. The minimum Gasteiger partial charge on any atom is -0.452 e. The third-order valence-electron chi connectivity index (χ3n) is 3.96. The number of ether oxygens (including phenoxy) is 1. The number of halogens is 1. The second-order valence-electron chi connectivity index (χ2n) is 5.59. The molecule has 136 valence electrons. The van der Waals surface area contributed by atoms with Crippen LogP contribution in [-0.2, 0) is 9.53 Å². The smallest absolute Gasteiger partial charge is 0.338 e. The molecule has 26 heavy (non-hydrogen) atoms. The van der Waals surface area contributed by atoms with Gasteiger partial charge in [-0.25, -0.2) is 4.79 Å². The van der Waals surface area contributed by atoms with Crippen LogP contribution in [0.4, 0.5) is 5.69 Å². The van der Waals surface area contributed by atoms with E-state index in [1.807, 2.05) is 37.3 Å². The SMILES string of the molecule is CC(c1ccccc1)N(C)C(=O)COC(=O)c1ccc(Cl)c([N+](=O)[O-])c1. The van der Waals surface area contributed by atoms with Crippen LogP contribution in [0.2, 0.25) is 5.02 Å². The Hall–Kier alpha value is -2.93. The number of nitro groups is 1. The first-order valence-corrected chi connectivity index (χ1v) is 8.10. The normalized spacial score (nSPS) is 11.5. The highest BCUT2D eigenvalue weighted by Gasteiger charge is 2.21. The number of rotatable bonds is 6. The van der Waals surface area contributed by atoms with Gasteiger partial charge in [0.05, 0.1) is 16.5 Å². The van der Waals surface area contributed by atoms with Crippen LogP contribution < -0.4 is 0 Å². The van der Waals surface area contributed by atoms with Crippen molar-refractivity contribution in [3.8, 4) is 0 Å². The van der Waals surface area contributed by atoms with Gasteiger partial charge >= 0.3 is 5.97 Å². The number of hydrogen-bond donors (Lipinski definition) is 0. The highest BCUT2D eigenvalue weighted by molar-refractivity contribution is 6.32. The van der Waals surface area contributed by atoms with Gasteiger partial charge in [-0.05, 0) is 24.6 Å². The van der Waals surface area contributed by atoms with Crippen LogP contribution in [0, 0.1) is 10.1 Å². The fraction of sp³-hybridized carbons (Fsp3) is 0.222. The molecule has 2 aromatic carbocycles. The van der Waals surface area contributed by atoms with E-state index in [2.05, 4.69) is 0 Å². The van der Waals surface area contributed by atoms with Crippen LogP contribution in [0.1, 0.15) is 28.9 Å². The van der Waals surface area contributed by atoms with E-state index in [-0.39, 0.29) is 16.6 Å². The molecule has 7 nitrogen and oxygen atoms in total. The van der Waals surface area contributed by atoms with E-state index in [4.69, 9.17) is 16.3 Å². The van der Waals surface area contributed by atoms with Gasteiger partial charge in [0, 0.05) is 13.1 Å². The van der Waals surface area contributed by atoms with Crippen molar-refractivity contribution < 1.29 is 19.2 Å². The minimum atomic E-state index is -0.834. The van der Waals surface area contributed by atoms with E-state index in [0.717, 1.165) is 11.6 Å². The lowest BCUT2D eigenvalue weighted by Gasteiger charge is -2.25. The lowest BCUT2D eigenvalue weighted by molar-refractivity contribution is -0.384. The predicted molar refractivity (Wildman–Crippen MR) is 96.0 cm³/mol. The van der Waals surface area contributed by atoms with Crippen molar-refractivity contribution in [3.05, 3.63) is 74.8 Å². The van der Waals surface area contributed by atoms with Gasteiger partial charge in [0.2, 0.25) is 0 Å². The van der Waals surface area contributed by atoms with Gasteiger partial charge in [0.1, 0.15) is 5.02 Å². The van der Waals surface area contributed by atoms with Gasteiger partial charge < -0.3 is 9.64 Å². The molecule has 0 aliphatic rings. The first-order valence-electron chi connectivity index (χ1n) is 7.73. The molecule has 0 spiro atoms. The second-order valence-corrected chi connectivity index (χ2v) is 6.00. The van der Waals surface area contributed by atoms with Gasteiger partial charge in [-0.15, -0.1) is 0 Å². The summed E-state index contributed by atoms with van der Waals surface area (Å²) in [5.74, 6) is -1.22. The Morgan fingerprint density at radius 3 is 2.50 bits per heavy atom. The molecule has 1 atom stereocenters. The van der Waals surface area contributed by atoms with E-state index in [0.29, 0.717) is 0 Å². The molecule has 0 heterocycles. The summed E-state index contributed by atoms with van der Waals surface area (Å²) in [7, 11) is 1.61. The summed E-state index contributed by atoms with van der Waals surface area (Å²) >= 11 is 5.70. The van der Waals surface area contributed by atoms with Crippen LogP contribution >= 0.6 is 11.6 Å². The minimum absolute atomic E-state index is 0.0485. The second kappa shape index (κ2) is 8.44. The molecule has 0 saturated heterocycles. The fourth-order valence-electron chi connectivity index (χ4n) is 2.26. The lowest BCUT2D eigenvalue weighted by Crippen LogP contribution is -2.33. The van der Waals surface area contributed by atoms with Crippen molar-refractivity contribution in [2.24, 2.45) is 0 Å². The third-order valence-corrected chi connectivity index (χ3v) is 4.28. The van der Waals surface area contributed by atoms with E-state index in [1.165, 1.54) is 17.0 Å². The Morgan fingerprint density at radius 1 is 1.23 bits per heavy atom. The number of amides is 1.